The van der Waals surface area contributed by atoms with E-state index in [1.54, 1.807) is 22.9 Å². The molecule has 5 nitrogen and oxygen atoms in total. The topological polar surface area (TPSA) is 47.0 Å². The van der Waals surface area contributed by atoms with Crippen LogP contribution in [0.5, 0.6) is 0 Å². The van der Waals surface area contributed by atoms with Crippen LogP contribution in [0.1, 0.15) is 24.0 Å². The van der Waals surface area contributed by atoms with Crippen LogP contribution in [0.3, 0.4) is 0 Å². The van der Waals surface area contributed by atoms with Gasteiger partial charge in [-0.2, -0.15) is 0 Å². The lowest BCUT2D eigenvalue weighted by Crippen LogP contribution is -2.55. The Hall–Kier alpha value is -2.84. The zero-order chi connectivity index (χ0) is 24.9. The summed E-state index contributed by atoms with van der Waals surface area (Å²) in [5.41, 5.74) is 0.145. The minimum Gasteiger partial charge on any atom is -0.393 e. The zero-order valence-electron chi connectivity index (χ0n) is 19.8. The third-order valence-electron chi connectivity index (χ3n) is 6.78. The number of amides is 2. The summed E-state index contributed by atoms with van der Waals surface area (Å²) in [6.45, 7) is 1.52. The van der Waals surface area contributed by atoms with Crippen molar-refractivity contribution in [1.82, 2.24) is 14.7 Å². The van der Waals surface area contributed by atoms with Crippen molar-refractivity contribution in [1.29, 1.82) is 0 Å². The normalized spacial score (nSPS) is 21.0. The molecule has 4 rings (SSSR count). The van der Waals surface area contributed by atoms with Crippen molar-refractivity contribution in [3.63, 3.8) is 0 Å². The van der Waals surface area contributed by atoms with Gasteiger partial charge in [0, 0.05) is 25.2 Å². The van der Waals surface area contributed by atoms with Crippen molar-refractivity contribution in [2.75, 3.05) is 47.5 Å². The third kappa shape index (κ3) is 4.98. The van der Waals surface area contributed by atoms with E-state index in [9.17, 15) is 23.1 Å². The monoisotopic (exact) mass is 475 g/mol. The number of likely N-dealkylation sites (tertiary alicyclic amines) is 1. The summed E-state index contributed by atoms with van der Waals surface area (Å²) in [4.78, 5) is 19.3. The molecule has 2 aromatic rings. The molecule has 2 aliphatic rings. The lowest BCUT2D eigenvalue weighted by Gasteiger charge is -2.42. The van der Waals surface area contributed by atoms with Gasteiger partial charge >= 0.3 is 6.03 Å². The number of urea groups is 1. The number of nitrogens with zero attached hydrogens (tertiary/aromatic N) is 3. The molecular formula is C26H32F3N3O2. The molecule has 0 unspecified atom stereocenters. The van der Waals surface area contributed by atoms with Crippen molar-refractivity contribution < 1.29 is 23.1 Å². The van der Waals surface area contributed by atoms with E-state index < -0.39 is 17.2 Å². The average Bonchev–Trinajstić information content (AvgIpc) is 3.27. The van der Waals surface area contributed by atoms with Crippen LogP contribution < -0.4 is 0 Å². The smallest absolute Gasteiger partial charge is 0.321 e. The number of benzene rings is 2. The number of carbonyl (C=O) groups excluding carboxylic acids is 1. The molecule has 34 heavy (non-hydrogen) atoms. The van der Waals surface area contributed by atoms with Gasteiger partial charge in [0.25, 0.3) is 0 Å². The standard InChI is InChI=1S/C25H29F2N3O2.CH3F/c1-28-12-10-21(11-13-28)29(2)24(32)30-16-18(22-14-20(26)8-9-23(22)27)15-25(30,17-31)19-6-4-3-5-7-19;1-2/h3-9,14-15,21,31H,10-13,16-17H2,1-2H3;1H3/t25-;/m1./s1. The highest BCUT2D eigenvalue weighted by Crippen LogP contribution is 2.41. The van der Waals surface area contributed by atoms with Crippen LogP contribution in [0.25, 0.3) is 5.57 Å². The minimum absolute atomic E-state index is 0.0750. The van der Waals surface area contributed by atoms with Crippen LogP contribution in [-0.4, -0.2) is 79.4 Å². The highest BCUT2D eigenvalue weighted by Gasteiger charge is 2.46. The molecular weight excluding hydrogens is 443 g/mol. The summed E-state index contributed by atoms with van der Waals surface area (Å²) in [5, 5.41) is 10.6. The molecule has 1 atom stereocenters. The number of rotatable bonds is 4. The minimum atomic E-state index is -1.16. The van der Waals surface area contributed by atoms with Crippen molar-refractivity contribution in [2.24, 2.45) is 0 Å². The summed E-state index contributed by atoms with van der Waals surface area (Å²) < 4.78 is 38.0. The summed E-state index contributed by atoms with van der Waals surface area (Å²) in [6.07, 6.45) is 3.44. The molecule has 0 aliphatic carbocycles. The fourth-order valence-corrected chi connectivity index (χ4v) is 4.79. The van der Waals surface area contributed by atoms with Crippen molar-refractivity contribution >= 4 is 11.6 Å². The fraction of sp³-hybridized carbons (Fsp3) is 0.423. The van der Waals surface area contributed by atoms with Gasteiger partial charge in [-0.25, -0.2) is 13.6 Å². The average molecular weight is 476 g/mol. The van der Waals surface area contributed by atoms with Gasteiger partial charge in [-0.15, -0.1) is 0 Å². The lowest BCUT2D eigenvalue weighted by atomic mass is 9.89. The van der Waals surface area contributed by atoms with E-state index in [1.165, 1.54) is 0 Å². The van der Waals surface area contributed by atoms with Crippen molar-refractivity contribution in [2.45, 2.75) is 24.4 Å². The van der Waals surface area contributed by atoms with Crippen LogP contribution in [-0.2, 0) is 5.54 Å². The number of aliphatic hydroxyl groups is 1. The van der Waals surface area contributed by atoms with Gasteiger partial charge in [-0.05, 0) is 68.4 Å². The maximum absolute atomic E-state index is 14.6. The third-order valence-corrected chi connectivity index (χ3v) is 6.78. The van der Waals surface area contributed by atoms with Gasteiger partial charge in [0.15, 0.2) is 0 Å². The number of piperidine rings is 1. The van der Waals surface area contributed by atoms with E-state index in [4.69, 9.17) is 0 Å². The Balaban J connectivity index is 0.00000158. The number of halogens is 3. The van der Waals surface area contributed by atoms with Crippen LogP contribution in [0.2, 0.25) is 0 Å². The number of alkyl halides is 1. The number of aliphatic hydroxyl groups excluding tert-OH is 1. The molecule has 0 aromatic heterocycles. The first-order chi connectivity index (χ1) is 16.4. The highest BCUT2D eigenvalue weighted by molar-refractivity contribution is 5.83. The van der Waals surface area contributed by atoms with Gasteiger partial charge in [0.2, 0.25) is 0 Å². The predicted octanol–water partition coefficient (Wildman–Crippen LogP) is 4.28. The molecule has 8 heteroatoms. The van der Waals surface area contributed by atoms with Crippen LogP contribution >= 0.6 is 0 Å². The molecule has 184 valence electrons. The van der Waals surface area contributed by atoms with E-state index in [2.05, 4.69) is 11.9 Å². The second-order valence-corrected chi connectivity index (χ2v) is 8.76. The Bertz CT molecular complexity index is 1010. The van der Waals surface area contributed by atoms with Gasteiger partial charge in [-0.3, -0.25) is 4.39 Å². The Morgan fingerprint density at radius 2 is 1.76 bits per heavy atom. The molecule has 0 bridgehead atoms. The number of carbonyl (C=O) groups is 1. The van der Waals surface area contributed by atoms with Gasteiger partial charge < -0.3 is 19.8 Å². The van der Waals surface area contributed by atoms with E-state index in [1.807, 2.05) is 30.3 Å². The predicted molar refractivity (Wildman–Crippen MR) is 127 cm³/mol. The molecule has 2 aromatic carbocycles. The second-order valence-electron chi connectivity index (χ2n) is 8.76. The van der Waals surface area contributed by atoms with E-state index in [0.717, 1.165) is 49.7 Å². The van der Waals surface area contributed by atoms with Crippen LogP contribution in [0, 0.1) is 11.6 Å². The second kappa shape index (κ2) is 11.1. The largest absolute Gasteiger partial charge is 0.393 e. The SMILES string of the molecule is CF.CN1CCC(N(C)C(=O)N2CC(c3cc(F)ccc3F)=C[C@@]2(CO)c2ccccc2)CC1. The lowest BCUT2D eigenvalue weighted by molar-refractivity contribution is 0.0704. The summed E-state index contributed by atoms with van der Waals surface area (Å²) in [7, 11) is 4.35. The summed E-state index contributed by atoms with van der Waals surface area (Å²) in [5.74, 6) is -1.11. The quantitative estimate of drug-likeness (QED) is 0.718. The maximum atomic E-state index is 14.6. The van der Waals surface area contributed by atoms with Gasteiger partial charge in [-0.1, -0.05) is 30.3 Å². The Morgan fingerprint density at radius 1 is 1.12 bits per heavy atom. The molecule has 0 spiro atoms. The maximum Gasteiger partial charge on any atom is 0.321 e. The van der Waals surface area contributed by atoms with Gasteiger partial charge in [0.1, 0.15) is 17.2 Å². The number of hydrogen-bond acceptors (Lipinski definition) is 3. The number of hydrogen-bond donors (Lipinski definition) is 1. The molecule has 0 radical (unpaired) electrons. The fourth-order valence-electron chi connectivity index (χ4n) is 4.79. The highest BCUT2D eigenvalue weighted by atomic mass is 19.1. The molecule has 2 heterocycles. The molecule has 1 saturated heterocycles. The molecule has 1 fully saturated rings. The molecule has 0 saturated carbocycles. The zero-order valence-corrected chi connectivity index (χ0v) is 19.8. The van der Waals surface area contributed by atoms with E-state index in [0.29, 0.717) is 12.8 Å². The summed E-state index contributed by atoms with van der Waals surface area (Å²) >= 11 is 0. The molecule has 1 N–H and O–H groups in total. The first-order valence-electron chi connectivity index (χ1n) is 11.3. The van der Waals surface area contributed by atoms with Crippen LogP contribution in [0.4, 0.5) is 18.0 Å². The molecule has 2 amide bonds. The van der Waals surface area contributed by atoms with Crippen molar-refractivity contribution in [3.8, 4) is 0 Å². The first kappa shape index (κ1) is 25.8. The van der Waals surface area contributed by atoms with Gasteiger partial charge in [0.05, 0.1) is 13.8 Å². The Kier molecular flexibility index (Phi) is 8.38. The Labute approximate surface area is 199 Å². The van der Waals surface area contributed by atoms with E-state index >= 15 is 0 Å². The first-order valence-corrected chi connectivity index (χ1v) is 11.3. The molecule has 2 aliphatic heterocycles. The Morgan fingerprint density at radius 3 is 2.38 bits per heavy atom. The van der Waals surface area contributed by atoms with Crippen LogP contribution in [0.15, 0.2) is 54.6 Å². The van der Waals surface area contributed by atoms with E-state index in [-0.39, 0.29) is 30.8 Å². The van der Waals surface area contributed by atoms with Crippen molar-refractivity contribution in [3.05, 3.63) is 77.4 Å². The summed E-state index contributed by atoms with van der Waals surface area (Å²) in [6, 6.07) is 12.4.